The van der Waals surface area contributed by atoms with E-state index in [2.05, 4.69) is 22.3 Å². The highest BCUT2D eigenvalue weighted by atomic mass is 16.5. The van der Waals surface area contributed by atoms with Crippen LogP contribution in [0.4, 0.5) is 0 Å². The van der Waals surface area contributed by atoms with E-state index in [0.717, 1.165) is 24.5 Å². The molecule has 1 aliphatic carbocycles. The first-order valence-electron chi connectivity index (χ1n) is 10.4. The van der Waals surface area contributed by atoms with Gasteiger partial charge in [0.2, 0.25) is 0 Å². The molecule has 5 nitrogen and oxygen atoms in total. The van der Waals surface area contributed by atoms with Gasteiger partial charge in [0.15, 0.2) is 5.76 Å². The van der Waals surface area contributed by atoms with Gasteiger partial charge in [0.05, 0.1) is 13.7 Å². The first-order valence-corrected chi connectivity index (χ1v) is 10.4. The third-order valence-electron chi connectivity index (χ3n) is 5.39. The second kappa shape index (κ2) is 10.3. The van der Waals surface area contributed by atoms with Crippen molar-refractivity contribution in [2.24, 2.45) is 0 Å². The Morgan fingerprint density at radius 3 is 2.75 bits per heavy atom. The highest BCUT2D eigenvalue weighted by molar-refractivity contribution is 5.91. The predicted molar refractivity (Wildman–Crippen MR) is 110 cm³/mol. The van der Waals surface area contributed by atoms with Gasteiger partial charge in [-0.15, -0.1) is 0 Å². The van der Waals surface area contributed by atoms with E-state index in [4.69, 9.17) is 9.15 Å². The number of carbonyl (C=O) groups is 1. The molecular formula is C23H32N2O3. The minimum atomic E-state index is -0.134. The molecule has 0 radical (unpaired) electrons. The van der Waals surface area contributed by atoms with E-state index >= 15 is 0 Å². The monoisotopic (exact) mass is 384 g/mol. The summed E-state index contributed by atoms with van der Waals surface area (Å²) in [5.41, 5.74) is 1.23. The van der Waals surface area contributed by atoms with Crippen LogP contribution in [0.2, 0.25) is 0 Å². The summed E-state index contributed by atoms with van der Waals surface area (Å²) in [7, 11) is 1.70. The van der Waals surface area contributed by atoms with Gasteiger partial charge in [0.25, 0.3) is 5.91 Å². The van der Waals surface area contributed by atoms with Crippen molar-refractivity contribution >= 4 is 5.91 Å². The maximum atomic E-state index is 12.1. The van der Waals surface area contributed by atoms with Crippen molar-refractivity contribution in [3.05, 3.63) is 53.5 Å². The molecule has 2 aromatic rings. The Hall–Kier alpha value is -2.27. The molecule has 1 aromatic carbocycles. The van der Waals surface area contributed by atoms with Crippen molar-refractivity contribution in [2.45, 2.75) is 64.6 Å². The Bertz CT molecular complexity index is 750. The lowest BCUT2D eigenvalue weighted by atomic mass is 9.93. The van der Waals surface area contributed by atoms with E-state index in [0.29, 0.717) is 24.9 Å². The Morgan fingerprint density at radius 1 is 1.18 bits per heavy atom. The molecule has 3 rings (SSSR count). The molecule has 0 bridgehead atoms. The van der Waals surface area contributed by atoms with E-state index in [1.54, 1.807) is 13.2 Å². The van der Waals surface area contributed by atoms with Crippen LogP contribution in [-0.2, 0) is 13.1 Å². The number of hydrogen-bond acceptors (Lipinski definition) is 4. The average molecular weight is 385 g/mol. The van der Waals surface area contributed by atoms with Crippen molar-refractivity contribution < 1.29 is 13.9 Å². The Labute approximate surface area is 168 Å². The van der Waals surface area contributed by atoms with Crippen LogP contribution in [0, 0.1) is 0 Å². The molecule has 152 valence electrons. The molecule has 1 heterocycles. The number of furan rings is 1. The smallest absolute Gasteiger partial charge is 0.286 e. The van der Waals surface area contributed by atoms with Gasteiger partial charge in [-0.2, -0.15) is 0 Å². The zero-order chi connectivity index (χ0) is 19.8. The molecule has 0 unspecified atom stereocenters. The van der Waals surface area contributed by atoms with E-state index in [9.17, 15) is 4.79 Å². The van der Waals surface area contributed by atoms with E-state index in [-0.39, 0.29) is 5.91 Å². The maximum absolute atomic E-state index is 12.1. The van der Waals surface area contributed by atoms with Gasteiger partial charge in [-0.1, -0.05) is 38.3 Å². The van der Waals surface area contributed by atoms with Gasteiger partial charge in [-0.3, -0.25) is 9.69 Å². The minimum Gasteiger partial charge on any atom is -0.497 e. The van der Waals surface area contributed by atoms with E-state index < -0.39 is 0 Å². The molecule has 5 heteroatoms. The Morgan fingerprint density at radius 2 is 2.00 bits per heavy atom. The average Bonchev–Trinajstić information content (AvgIpc) is 3.21. The standard InChI is InChI=1S/C23H32N2O3/c1-3-14-24-23(26)22-13-12-21(28-22)17-25(19-9-5-4-6-10-19)16-18-8-7-11-20(15-18)27-2/h7-8,11-13,15,19H,3-6,9-10,14,16-17H2,1-2H3,(H,24,26). The zero-order valence-electron chi connectivity index (χ0n) is 17.1. The van der Waals surface area contributed by atoms with Gasteiger partial charge < -0.3 is 14.5 Å². The van der Waals surface area contributed by atoms with Crippen LogP contribution >= 0.6 is 0 Å². The number of hydrogen-bond donors (Lipinski definition) is 1. The lowest BCUT2D eigenvalue weighted by Gasteiger charge is -2.34. The molecule has 0 aliphatic heterocycles. The summed E-state index contributed by atoms with van der Waals surface area (Å²) in [6.45, 7) is 4.26. The first kappa shape index (κ1) is 20.5. The molecule has 1 aliphatic rings. The largest absolute Gasteiger partial charge is 0.497 e. The summed E-state index contributed by atoms with van der Waals surface area (Å²) in [6, 6.07) is 12.5. The van der Waals surface area contributed by atoms with Crippen molar-refractivity contribution in [1.29, 1.82) is 0 Å². The van der Waals surface area contributed by atoms with Crippen molar-refractivity contribution in [3.63, 3.8) is 0 Å². The molecule has 1 N–H and O–H groups in total. The van der Waals surface area contributed by atoms with Crippen LogP contribution in [0.1, 0.15) is 67.3 Å². The number of rotatable bonds is 9. The molecule has 1 saturated carbocycles. The summed E-state index contributed by atoms with van der Waals surface area (Å²) in [5.74, 6) is 1.99. The van der Waals surface area contributed by atoms with Gasteiger partial charge in [0, 0.05) is 19.1 Å². The number of benzene rings is 1. The van der Waals surface area contributed by atoms with Gasteiger partial charge >= 0.3 is 0 Å². The quantitative estimate of drug-likeness (QED) is 0.677. The molecular weight excluding hydrogens is 352 g/mol. The van der Waals surface area contributed by atoms with Crippen LogP contribution in [-0.4, -0.2) is 30.5 Å². The molecule has 0 atom stereocenters. The van der Waals surface area contributed by atoms with Crippen molar-refractivity contribution in [3.8, 4) is 5.75 Å². The van der Waals surface area contributed by atoms with Gasteiger partial charge in [-0.05, 0) is 49.1 Å². The maximum Gasteiger partial charge on any atom is 0.286 e. The summed E-state index contributed by atoms with van der Waals surface area (Å²) in [4.78, 5) is 14.6. The Kier molecular flexibility index (Phi) is 7.54. The Balaban J connectivity index is 1.72. The number of amides is 1. The van der Waals surface area contributed by atoms with Crippen LogP contribution in [0.25, 0.3) is 0 Å². The number of methoxy groups -OCH3 is 1. The third kappa shape index (κ3) is 5.61. The van der Waals surface area contributed by atoms with Crippen molar-refractivity contribution in [2.75, 3.05) is 13.7 Å². The SMILES string of the molecule is CCCNC(=O)c1ccc(CN(Cc2cccc(OC)c2)C2CCCCC2)o1. The molecule has 0 saturated heterocycles. The zero-order valence-corrected chi connectivity index (χ0v) is 17.1. The highest BCUT2D eigenvalue weighted by Gasteiger charge is 2.23. The number of nitrogens with zero attached hydrogens (tertiary/aromatic N) is 1. The lowest BCUT2D eigenvalue weighted by Crippen LogP contribution is -2.35. The minimum absolute atomic E-state index is 0.134. The van der Waals surface area contributed by atoms with E-state index in [1.807, 2.05) is 25.1 Å². The van der Waals surface area contributed by atoms with Crippen molar-refractivity contribution in [1.82, 2.24) is 10.2 Å². The fraction of sp³-hybridized carbons (Fsp3) is 0.522. The summed E-state index contributed by atoms with van der Waals surface area (Å²) in [5, 5.41) is 2.87. The molecule has 28 heavy (non-hydrogen) atoms. The molecule has 1 fully saturated rings. The number of carbonyl (C=O) groups excluding carboxylic acids is 1. The predicted octanol–water partition coefficient (Wildman–Crippen LogP) is 4.76. The fourth-order valence-electron chi connectivity index (χ4n) is 3.88. The van der Waals surface area contributed by atoms with Gasteiger partial charge in [-0.25, -0.2) is 0 Å². The van der Waals surface area contributed by atoms with Crippen LogP contribution in [0.5, 0.6) is 5.75 Å². The van der Waals surface area contributed by atoms with Crippen LogP contribution < -0.4 is 10.1 Å². The third-order valence-corrected chi connectivity index (χ3v) is 5.39. The molecule has 0 spiro atoms. The molecule has 1 aromatic heterocycles. The summed E-state index contributed by atoms with van der Waals surface area (Å²) in [6.07, 6.45) is 7.23. The van der Waals surface area contributed by atoms with Crippen LogP contribution in [0.3, 0.4) is 0 Å². The lowest BCUT2D eigenvalue weighted by molar-refractivity contribution is 0.0916. The van der Waals surface area contributed by atoms with Gasteiger partial charge in [0.1, 0.15) is 11.5 Å². The molecule has 1 amide bonds. The number of nitrogens with one attached hydrogen (secondary N) is 1. The first-order chi connectivity index (χ1) is 13.7. The summed E-state index contributed by atoms with van der Waals surface area (Å²) >= 11 is 0. The van der Waals surface area contributed by atoms with Crippen LogP contribution in [0.15, 0.2) is 40.8 Å². The topological polar surface area (TPSA) is 54.7 Å². The number of ether oxygens (including phenoxy) is 1. The normalized spacial score (nSPS) is 15.0. The second-order valence-corrected chi connectivity index (χ2v) is 7.57. The highest BCUT2D eigenvalue weighted by Crippen LogP contribution is 2.27. The summed E-state index contributed by atoms with van der Waals surface area (Å²) < 4.78 is 11.2. The fourth-order valence-corrected chi connectivity index (χ4v) is 3.88. The second-order valence-electron chi connectivity index (χ2n) is 7.57. The van der Waals surface area contributed by atoms with E-state index in [1.165, 1.54) is 37.7 Å².